The topological polar surface area (TPSA) is 20.3 Å². The van der Waals surface area contributed by atoms with Gasteiger partial charge in [0.25, 0.3) is 0 Å². The summed E-state index contributed by atoms with van der Waals surface area (Å²) in [5.74, 6) is 0.0212. The zero-order chi connectivity index (χ0) is 15.7. The first-order valence-corrected chi connectivity index (χ1v) is 8.26. The summed E-state index contributed by atoms with van der Waals surface area (Å²) in [6.07, 6.45) is 7.48. The van der Waals surface area contributed by atoms with Crippen LogP contribution in [0.3, 0.4) is 0 Å². The zero-order valence-electron chi connectivity index (χ0n) is 12.7. The number of benzene rings is 1. The van der Waals surface area contributed by atoms with Gasteiger partial charge in [0, 0.05) is 34.8 Å². The molecule has 0 heterocycles. The predicted molar refractivity (Wildman–Crippen MR) is 91.9 cm³/mol. The van der Waals surface area contributed by atoms with Crippen molar-refractivity contribution in [2.45, 2.75) is 39.5 Å². The first-order chi connectivity index (χ1) is 10.1. The lowest BCUT2D eigenvalue weighted by molar-refractivity contribution is -0.126. The maximum Gasteiger partial charge on any atom is 0.246 e. The van der Waals surface area contributed by atoms with Crippen LogP contribution in [0.2, 0.25) is 10.0 Å². The number of unbranched alkanes of at least 4 members (excludes halogenated alkanes) is 2. The van der Waals surface area contributed by atoms with Crippen molar-refractivity contribution in [1.29, 1.82) is 0 Å². The Bertz CT molecular complexity index is 457. The third kappa shape index (κ3) is 6.11. The smallest absolute Gasteiger partial charge is 0.246 e. The molecule has 116 valence electrons. The largest absolute Gasteiger partial charge is 0.339 e. The Hall–Kier alpha value is -0.990. The van der Waals surface area contributed by atoms with E-state index in [-0.39, 0.29) is 5.91 Å². The lowest BCUT2D eigenvalue weighted by atomic mass is 10.2. The van der Waals surface area contributed by atoms with Crippen LogP contribution < -0.4 is 0 Å². The van der Waals surface area contributed by atoms with Crippen LogP contribution in [0.15, 0.2) is 24.3 Å². The Balaban J connectivity index is 2.77. The zero-order valence-corrected chi connectivity index (χ0v) is 14.3. The molecule has 0 saturated heterocycles. The van der Waals surface area contributed by atoms with Gasteiger partial charge < -0.3 is 4.90 Å². The lowest BCUT2D eigenvalue weighted by Gasteiger charge is -2.20. The predicted octanol–water partition coefficient (Wildman–Crippen LogP) is 5.44. The van der Waals surface area contributed by atoms with Gasteiger partial charge in [-0.3, -0.25) is 4.79 Å². The van der Waals surface area contributed by atoms with Crippen LogP contribution in [-0.2, 0) is 4.79 Å². The molecule has 1 amide bonds. The average molecular weight is 328 g/mol. The minimum Gasteiger partial charge on any atom is -0.339 e. The van der Waals surface area contributed by atoms with Crippen LogP contribution >= 0.6 is 23.2 Å². The second-order valence-electron chi connectivity index (χ2n) is 5.00. The fourth-order valence-electron chi connectivity index (χ4n) is 1.96. The van der Waals surface area contributed by atoms with Crippen molar-refractivity contribution in [3.8, 4) is 0 Å². The number of amides is 1. The van der Waals surface area contributed by atoms with Crippen molar-refractivity contribution in [3.63, 3.8) is 0 Å². The van der Waals surface area contributed by atoms with Gasteiger partial charge in [0.2, 0.25) is 5.91 Å². The molecule has 2 nitrogen and oxygen atoms in total. The lowest BCUT2D eigenvalue weighted by Crippen LogP contribution is -2.31. The van der Waals surface area contributed by atoms with E-state index in [0.29, 0.717) is 15.6 Å². The van der Waals surface area contributed by atoms with Gasteiger partial charge >= 0.3 is 0 Å². The number of nitrogens with zero attached hydrogens (tertiary/aromatic N) is 1. The number of rotatable bonds is 8. The van der Waals surface area contributed by atoms with E-state index in [4.69, 9.17) is 23.2 Å². The molecule has 0 saturated carbocycles. The normalized spacial score (nSPS) is 11.0. The molecule has 0 aliphatic heterocycles. The fourth-order valence-corrected chi connectivity index (χ4v) is 2.48. The van der Waals surface area contributed by atoms with Crippen LogP contribution in [0.1, 0.15) is 45.1 Å². The summed E-state index contributed by atoms with van der Waals surface area (Å²) in [5.41, 5.74) is 0.695. The minimum absolute atomic E-state index is 0.0212. The maximum absolute atomic E-state index is 12.3. The molecule has 0 fully saturated rings. The SMILES string of the molecule is CCCCN(CCCC)C(=O)/C=C/c1c(Cl)cccc1Cl. The Morgan fingerprint density at radius 1 is 1.10 bits per heavy atom. The summed E-state index contributed by atoms with van der Waals surface area (Å²) >= 11 is 12.2. The van der Waals surface area contributed by atoms with E-state index in [1.165, 1.54) is 0 Å². The monoisotopic (exact) mass is 327 g/mol. The molecular weight excluding hydrogens is 305 g/mol. The van der Waals surface area contributed by atoms with Crippen LogP contribution in [-0.4, -0.2) is 23.9 Å². The van der Waals surface area contributed by atoms with Crippen LogP contribution in [0, 0.1) is 0 Å². The molecule has 0 bridgehead atoms. The Morgan fingerprint density at radius 3 is 2.10 bits per heavy atom. The maximum atomic E-state index is 12.3. The second-order valence-corrected chi connectivity index (χ2v) is 5.82. The number of carbonyl (C=O) groups excluding carboxylic acids is 1. The van der Waals surface area contributed by atoms with Gasteiger partial charge in [-0.25, -0.2) is 0 Å². The van der Waals surface area contributed by atoms with Gasteiger partial charge in [-0.15, -0.1) is 0 Å². The summed E-state index contributed by atoms with van der Waals surface area (Å²) in [5, 5.41) is 1.11. The first-order valence-electron chi connectivity index (χ1n) is 7.51. The van der Waals surface area contributed by atoms with Crippen molar-refractivity contribution < 1.29 is 4.79 Å². The van der Waals surface area contributed by atoms with E-state index in [2.05, 4.69) is 13.8 Å². The van der Waals surface area contributed by atoms with Gasteiger partial charge in [0.15, 0.2) is 0 Å². The highest BCUT2D eigenvalue weighted by atomic mass is 35.5. The molecule has 0 aliphatic carbocycles. The molecule has 0 aromatic heterocycles. The summed E-state index contributed by atoms with van der Waals surface area (Å²) in [7, 11) is 0. The van der Waals surface area contributed by atoms with Gasteiger partial charge in [-0.05, 0) is 31.1 Å². The highest BCUT2D eigenvalue weighted by molar-refractivity contribution is 6.37. The third-order valence-corrected chi connectivity index (χ3v) is 3.93. The molecule has 1 aromatic rings. The molecule has 0 spiro atoms. The van der Waals surface area contributed by atoms with Gasteiger partial charge in [-0.2, -0.15) is 0 Å². The standard InChI is InChI=1S/C17H23Cl2NO/c1-3-5-12-20(13-6-4-2)17(21)11-10-14-15(18)8-7-9-16(14)19/h7-11H,3-6,12-13H2,1-2H3/b11-10+. The van der Waals surface area contributed by atoms with Gasteiger partial charge in [-0.1, -0.05) is 56.0 Å². The first kappa shape index (κ1) is 18.1. The Kier molecular flexibility index (Phi) is 8.48. The van der Waals surface area contributed by atoms with Crippen LogP contribution in [0.25, 0.3) is 6.08 Å². The van der Waals surface area contributed by atoms with E-state index in [1.807, 2.05) is 4.90 Å². The van der Waals surface area contributed by atoms with Crippen molar-refractivity contribution in [3.05, 3.63) is 39.9 Å². The Morgan fingerprint density at radius 2 is 1.62 bits per heavy atom. The molecule has 0 atom stereocenters. The molecule has 0 N–H and O–H groups in total. The van der Waals surface area contributed by atoms with E-state index in [9.17, 15) is 4.79 Å². The van der Waals surface area contributed by atoms with E-state index >= 15 is 0 Å². The molecule has 0 radical (unpaired) electrons. The summed E-state index contributed by atoms with van der Waals surface area (Å²) in [4.78, 5) is 14.2. The van der Waals surface area contributed by atoms with Crippen molar-refractivity contribution in [2.75, 3.05) is 13.1 Å². The quantitative estimate of drug-likeness (QED) is 0.582. The summed E-state index contributed by atoms with van der Waals surface area (Å²) < 4.78 is 0. The molecule has 0 aliphatic rings. The van der Waals surface area contributed by atoms with E-state index < -0.39 is 0 Å². The van der Waals surface area contributed by atoms with Crippen LogP contribution in [0.5, 0.6) is 0 Å². The molecular formula is C17H23Cl2NO. The highest BCUT2D eigenvalue weighted by Crippen LogP contribution is 2.25. The van der Waals surface area contributed by atoms with E-state index in [0.717, 1.165) is 38.8 Å². The van der Waals surface area contributed by atoms with Crippen molar-refractivity contribution in [1.82, 2.24) is 4.90 Å². The Labute approximate surface area is 137 Å². The summed E-state index contributed by atoms with van der Waals surface area (Å²) in [6, 6.07) is 5.33. The second kappa shape index (κ2) is 9.86. The molecule has 0 unspecified atom stereocenters. The van der Waals surface area contributed by atoms with Crippen molar-refractivity contribution >= 4 is 35.2 Å². The van der Waals surface area contributed by atoms with Gasteiger partial charge in [0.1, 0.15) is 0 Å². The minimum atomic E-state index is 0.0212. The van der Waals surface area contributed by atoms with Gasteiger partial charge in [0.05, 0.1) is 0 Å². The van der Waals surface area contributed by atoms with Crippen LogP contribution in [0.4, 0.5) is 0 Å². The number of hydrogen-bond donors (Lipinski definition) is 0. The van der Waals surface area contributed by atoms with E-state index in [1.54, 1.807) is 30.4 Å². The summed E-state index contributed by atoms with van der Waals surface area (Å²) in [6.45, 7) is 5.86. The average Bonchev–Trinajstić information content (AvgIpc) is 2.46. The number of hydrogen-bond acceptors (Lipinski definition) is 1. The molecule has 1 rings (SSSR count). The molecule has 21 heavy (non-hydrogen) atoms. The molecule has 1 aromatic carbocycles. The van der Waals surface area contributed by atoms with Crippen molar-refractivity contribution in [2.24, 2.45) is 0 Å². The number of carbonyl (C=O) groups is 1. The third-order valence-electron chi connectivity index (χ3n) is 3.27. The molecule has 4 heteroatoms. The highest BCUT2D eigenvalue weighted by Gasteiger charge is 2.10. The number of halogens is 2. The fraction of sp³-hybridized carbons (Fsp3) is 0.471.